The fourth-order valence-electron chi connectivity index (χ4n) is 2.93. The van der Waals surface area contributed by atoms with Crippen LogP contribution in [0.1, 0.15) is 35.8 Å². The lowest BCUT2D eigenvalue weighted by molar-refractivity contribution is 0.0787. The highest BCUT2D eigenvalue weighted by Crippen LogP contribution is 2.18. The van der Waals surface area contributed by atoms with Crippen molar-refractivity contribution in [1.82, 2.24) is 19.9 Å². The van der Waals surface area contributed by atoms with Gasteiger partial charge in [-0.1, -0.05) is 31.5 Å². The highest BCUT2D eigenvalue weighted by molar-refractivity contribution is 5.92. The summed E-state index contributed by atoms with van der Waals surface area (Å²) in [4.78, 5) is 25.8. The molecule has 0 atom stereocenters. The molecule has 0 radical (unpaired) electrons. The van der Waals surface area contributed by atoms with E-state index in [4.69, 9.17) is 0 Å². The highest BCUT2D eigenvalue weighted by atomic mass is 16.2. The molecule has 3 aromatic rings. The Morgan fingerprint density at radius 2 is 2.12 bits per heavy atom. The van der Waals surface area contributed by atoms with Crippen LogP contribution in [0.15, 0.2) is 42.9 Å². The third kappa shape index (κ3) is 4.20. The maximum atomic E-state index is 12.4. The van der Waals surface area contributed by atoms with Crippen LogP contribution in [0.2, 0.25) is 0 Å². The van der Waals surface area contributed by atoms with E-state index < -0.39 is 0 Å². The molecule has 6 heteroatoms. The largest absolute Gasteiger partial charge is 0.370 e. The molecule has 26 heavy (non-hydrogen) atoms. The summed E-state index contributed by atoms with van der Waals surface area (Å²) < 4.78 is 0. The number of amides is 1. The number of nitrogens with zero attached hydrogens (tertiary/aromatic N) is 3. The number of nitrogens with one attached hydrogen (secondary N) is 2. The number of hydrogen-bond donors (Lipinski definition) is 2. The van der Waals surface area contributed by atoms with Crippen molar-refractivity contribution in [2.24, 2.45) is 0 Å². The van der Waals surface area contributed by atoms with Gasteiger partial charge in [-0.2, -0.15) is 0 Å². The molecule has 1 amide bonds. The molecule has 0 aliphatic heterocycles. The summed E-state index contributed by atoms with van der Waals surface area (Å²) in [7, 11) is 1.81. The van der Waals surface area contributed by atoms with Crippen molar-refractivity contribution < 1.29 is 4.79 Å². The second-order valence-corrected chi connectivity index (χ2v) is 6.41. The third-order valence-corrected chi connectivity index (χ3v) is 4.46. The van der Waals surface area contributed by atoms with Crippen molar-refractivity contribution in [3.05, 3.63) is 54.1 Å². The monoisotopic (exact) mass is 351 g/mol. The third-order valence-electron chi connectivity index (χ3n) is 4.46. The van der Waals surface area contributed by atoms with Crippen molar-refractivity contribution in [3.8, 4) is 0 Å². The van der Waals surface area contributed by atoms with Crippen molar-refractivity contribution >= 4 is 22.6 Å². The van der Waals surface area contributed by atoms with Crippen molar-refractivity contribution in [2.75, 3.05) is 25.5 Å². The number of fused-ring (bicyclic) bond motifs is 1. The standard InChI is InChI=1S/C20H25N5O/c1-3-4-11-25(2)20(26)18-12-19(24-14-23-18)21-10-9-15-13-22-17-8-6-5-7-16(15)17/h5-8,12-14,22H,3-4,9-11H2,1-2H3,(H,21,23,24). The molecule has 0 saturated heterocycles. The molecule has 2 N–H and O–H groups in total. The van der Waals surface area contributed by atoms with Crippen LogP contribution in [0, 0.1) is 0 Å². The predicted molar refractivity (Wildman–Crippen MR) is 104 cm³/mol. The van der Waals surface area contributed by atoms with E-state index in [0.717, 1.165) is 37.9 Å². The summed E-state index contributed by atoms with van der Waals surface area (Å²) in [6, 6.07) is 9.99. The number of unbranched alkanes of at least 4 members (excludes halogenated alkanes) is 1. The van der Waals surface area contributed by atoms with Crippen LogP contribution in [0.3, 0.4) is 0 Å². The average Bonchev–Trinajstić information content (AvgIpc) is 3.09. The lowest BCUT2D eigenvalue weighted by Gasteiger charge is -2.16. The summed E-state index contributed by atoms with van der Waals surface area (Å²) in [6.45, 7) is 3.58. The van der Waals surface area contributed by atoms with Crippen LogP contribution in [-0.4, -0.2) is 45.9 Å². The van der Waals surface area contributed by atoms with Gasteiger partial charge in [0.05, 0.1) is 0 Å². The van der Waals surface area contributed by atoms with Crippen LogP contribution in [-0.2, 0) is 6.42 Å². The zero-order chi connectivity index (χ0) is 18.4. The molecule has 0 aliphatic rings. The first-order chi connectivity index (χ1) is 12.7. The topological polar surface area (TPSA) is 73.9 Å². The first-order valence-corrected chi connectivity index (χ1v) is 9.05. The molecule has 0 fully saturated rings. The van der Waals surface area contributed by atoms with Gasteiger partial charge in [0.1, 0.15) is 17.8 Å². The number of aromatic amines is 1. The van der Waals surface area contributed by atoms with E-state index in [1.54, 1.807) is 11.0 Å². The van der Waals surface area contributed by atoms with Gasteiger partial charge in [-0.15, -0.1) is 0 Å². The van der Waals surface area contributed by atoms with Crippen LogP contribution >= 0.6 is 0 Å². The van der Waals surface area contributed by atoms with Gasteiger partial charge in [0.25, 0.3) is 5.91 Å². The van der Waals surface area contributed by atoms with Gasteiger partial charge in [0, 0.05) is 43.3 Å². The van der Waals surface area contributed by atoms with Crippen LogP contribution in [0.25, 0.3) is 10.9 Å². The summed E-state index contributed by atoms with van der Waals surface area (Å²) >= 11 is 0. The van der Waals surface area contributed by atoms with Gasteiger partial charge in [0.15, 0.2) is 0 Å². The maximum Gasteiger partial charge on any atom is 0.272 e. The van der Waals surface area contributed by atoms with Crippen molar-refractivity contribution in [3.63, 3.8) is 0 Å². The molecular weight excluding hydrogens is 326 g/mol. The van der Waals surface area contributed by atoms with Gasteiger partial charge in [0.2, 0.25) is 0 Å². The SMILES string of the molecule is CCCCN(C)C(=O)c1cc(NCCc2c[nH]c3ccccc23)ncn1. The second-order valence-electron chi connectivity index (χ2n) is 6.41. The minimum absolute atomic E-state index is 0.0690. The van der Waals surface area contributed by atoms with E-state index in [0.29, 0.717) is 11.5 Å². The minimum atomic E-state index is -0.0690. The summed E-state index contributed by atoms with van der Waals surface area (Å²) in [5.74, 6) is 0.604. The van der Waals surface area contributed by atoms with Gasteiger partial charge in [-0.05, 0) is 24.5 Å². The number of hydrogen-bond acceptors (Lipinski definition) is 4. The number of carbonyl (C=O) groups is 1. The number of carbonyl (C=O) groups excluding carboxylic acids is 1. The molecule has 2 aromatic heterocycles. The van der Waals surface area contributed by atoms with E-state index in [1.807, 2.05) is 25.4 Å². The number of aromatic nitrogens is 3. The van der Waals surface area contributed by atoms with E-state index in [1.165, 1.54) is 17.3 Å². The molecule has 2 heterocycles. The lowest BCUT2D eigenvalue weighted by atomic mass is 10.1. The van der Waals surface area contributed by atoms with E-state index in [9.17, 15) is 4.79 Å². The van der Waals surface area contributed by atoms with Crippen molar-refractivity contribution in [1.29, 1.82) is 0 Å². The Kier molecular flexibility index (Phi) is 5.84. The molecule has 0 bridgehead atoms. The molecular formula is C20H25N5O. The second kappa shape index (κ2) is 8.47. The fraction of sp³-hybridized carbons (Fsp3) is 0.350. The smallest absolute Gasteiger partial charge is 0.272 e. The molecule has 0 aliphatic carbocycles. The molecule has 0 unspecified atom stereocenters. The molecule has 1 aromatic carbocycles. The molecule has 0 saturated carbocycles. The summed E-state index contributed by atoms with van der Waals surface area (Å²) in [5.41, 5.74) is 2.83. The maximum absolute atomic E-state index is 12.4. The number of H-pyrrole nitrogens is 1. The van der Waals surface area contributed by atoms with E-state index in [2.05, 4.69) is 39.3 Å². The lowest BCUT2D eigenvalue weighted by Crippen LogP contribution is -2.28. The fourth-order valence-corrected chi connectivity index (χ4v) is 2.93. The highest BCUT2D eigenvalue weighted by Gasteiger charge is 2.13. The van der Waals surface area contributed by atoms with Crippen LogP contribution < -0.4 is 5.32 Å². The zero-order valence-electron chi connectivity index (χ0n) is 15.3. The first kappa shape index (κ1) is 17.9. The average molecular weight is 351 g/mol. The van der Waals surface area contributed by atoms with Crippen LogP contribution in [0.5, 0.6) is 0 Å². The minimum Gasteiger partial charge on any atom is -0.370 e. The number of para-hydroxylation sites is 1. The van der Waals surface area contributed by atoms with Gasteiger partial charge in [-0.3, -0.25) is 4.79 Å². The van der Waals surface area contributed by atoms with E-state index >= 15 is 0 Å². The van der Waals surface area contributed by atoms with Crippen molar-refractivity contribution in [2.45, 2.75) is 26.2 Å². The molecule has 6 nitrogen and oxygen atoms in total. The Morgan fingerprint density at radius 3 is 2.96 bits per heavy atom. The van der Waals surface area contributed by atoms with Gasteiger partial charge >= 0.3 is 0 Å². The van der Waals surface area contributed by atoms with Crippen LogP contribution in [0.4, 0.5) is 5.82 Å². The Bertz CT molecular complexity index is 873. The van der Waals surface area contributed by atoms with E-state index in [-0.39, 0.29) is 5.91 Å². The Balaban J connectivity index is 1.59. The first-order valence-electron chi connectivity index (χ1n) is 9.05. The molecule has 136 valence electrons. The summed E-state index contributed by atoms with van der Waals surface area (Å²) in [5, 5.41) is 4.53. The predicted octanol–water partition coefficient (Wildman–Crippen LogP) is 3.48. The molecule has 0 spiro atoms. The van der Waals surface area contributed by atoms with Gasteiger partial charge < -0.3 is 15.2 Å². The zero-order valence-corrected chi connectivity index (χ0v) is 15.3. The Hall–Kier alpha value is -2.89. The number of anilines is 1. The molecule has 3 rings (SSSR count). The Labute approximate surface area is 153 Å². The Morgan fingerprint density at radius 1 is 1.27 bits per heavy atom. The quantitative estimate of drug-likeness (QED) is 0.651. The number of benzene rings is 1. The number of rotatable bonds is 8. The normalized spacial score (nSPS) is 10.8. The summed E-state index contributed by atoms with van der Waals surface area (Å²) in [6.07, 6.45) is 6.40. The van der Waals surface area contributed by atoms with Gasteiger partial charge in [-0.25, -0.2) is 9.97 Å².